The number of hydrogen-bond donors (Lipinski definition) is 0. The van der Waals surface area contributed by atoms with Crippen LogP contribution >= 0.6 is 0 Å². The van der Waals surface area contributed by atoms with Crippen LogP contribution in [-0.4, -0.2) is 30.9 Å². The van der Waals surface area contributed by atoms with Crippen molar-refractivity contribution in [2.45, 2.75) is 194 Å². The zero-order valence-electron chi connectivity index (χ0n) is 29.9. The molecular formula is C40H72O5. The fourth-order valence-corrected chi connectivity index (χ4v) is 5.55. The molecule has 0 aliphatic rings. The Morgan fingerprint density at radius 1 is 0.511 bits per heavy atom. The highest BCUT2D eigenvalue weighted by Crippen LogP contribution is 2.15. The summed E-state index contributed by atoms with van der Waals surface area (Å²) in [6, 6.07) is 0. The molecule has 0 heterocycles. The Balaban J connectivity index is 3.89. The molecule has 1 unspecified atom stereocenters. The van der Waals surface area contributed by atoms with Crippen molar-refractivity contribution in [2.24, 2.45) is 5.92 Å². The summed E-state index contributed by atoms with van der Waals surface area (Å²) in [5, 5.41) is 0. The summed E-state index contributed by atoms with van der Waals surface area (Å²) in [5.74, 6) is -0.705. The van der Waals surface area contributed by atoms with Crippen molar-refractivity contribution in [3.63, 3.8) is 0 Å². The molecule has 0 rings (SSSR count). The molecule has 0 aliphatic carbocycles. The van der Waals surface area contributed by atoms with E-state index in [0.717, 1.165) is 38.5 Å². The van der Waals surface area contributed by atoms with Crippen molar-refractivity contribution in [3.8, 4) is 0 Å². The van der Waals surface area contributed by atoms with Crippen LogP contribution in [0, 0.1) is 5.92 Å². The maximum Gasteiger partial charge on any atom is 0.305 e. The van der Waals surface area contributed by atoms with E-state index in [4.69, 9.17) is 9.47 Å². The Labute approximate surface area is 278 Å². The Bertz CT molecular complexity index is 741. The van der Waals surface area contributed by atoms with Crippen LogP contribution in [0.3, 0.4) is 0 Å². The molecule has 0 aromatic carbocycles. The van der Waals surface area contributed by atoms with E-state index in [1.807, 2.05) is 0 Å². The van der Waals surface area contributed by atoms with Gasteiger partial charge in [0.1, 0.15) is 5.78 Å². The second-order valence-corrected chi connectivity index (χ2v) is 13.1. The Kier molecular flexibility index (Phi) is 33.5. The monoisotopic (exact) mass is 633 g/mol. The molecule has 0 saturated carbocycles. The lowest BCUT2D eigenvalue weighted by Crippen LogP contribution is -2.23. The molecule has 262 valence electrons. The van der Waals surface area contributed by atoms with Gasteiger partial charge < -0.3 is 9.47 Å². The standard InChI is InChI=1S/C40H72O5/c1-4-6-8-10-12-14-16-18-19-21-22-24-26-28-30-32-39(42)34-38(35-44-37(3)41)36-45-40(43)33-31-29-27-25-23-20-17-15-13-11-9-7-5-2/h14,16,18-19,38H,4-13,15,17,20-36H2,1-3H3/b16-14+,19-18-. The highest BCUT2D eigenvalue weighted by Gasteiger charge is 2.18. The largest absolute Gasteiger partial charge is 0.465 e. The van der Waals surface area contributed by atoms with E-state index in [1.54, 1.807) is 0 Å². The summed E-state index contributed by atoms with van der Waals surface area (Å²) in [4.78, 5) is 36.2. The van der Waals surface area contributed by atoms with Crippen LogP contribution < -0.4 is 0 Å². The second-order valence-electron chi connectivity index (χ2n) is 13.1. The summed E-state index contributed by atoms with van der Waals surface area (Å²) >= 11 is 0. The van der Waals surface area contributed by atoms with E-state index >= 15 is 0 Å². The lowest BCUT2D eigenvalue weighted by Gasteiger charge is -2.16. The molecule has 45 heavy (non-hydrogen) atoms. The molecule has 5 nitrogen and oxygen atoms in total. The predicted molar refractivity (Wildman–Crippen MR) is 190 cm³/mol. The third kappa shape index (κ3) is 34.8. The van der Waals surface area contributed by atoms with E-state index < -0.39 is 0 Å². The van der Waals surface area contributed by atoms with Crippen LogP contribution in [0.1, 0.15) is 194 Å². The molecule has 0 radical (unpaired) electrons. The van der Waals surface area contributed by atoms with Crippen LogP contribution in [-0.2, 0) is 23.9 Å². The molecule has 1 atom stereocenters. The SMILES string of the molecule is CCCCCC/C=C/C=C\CCCCCCCC(=O)CC(COC(C)=O)COC(=O)CCCCCCCCCCCCCCC. The van der Waals surface area contributed by atoms with Crippen molar-refractivity contribution in [2.75, 3.05) is 13.2 Å². The highest BCUT2D eigenvalue weighted by atomic mass is 16.5. The summed E-state index contributed by atoms with van der Waals surface area (Å²) < 4.78 is 10.6. The number of carbonyl (C=O) groups excluding carboxylic acids is 3. The number of unbranched alkanes of at least 4 members (excludes halogenated alkanes) is 21. The van der Waals surface area contributed by atoms with E-state index in [9.17, 15) is 14.4 Å². The van der Waals surface area contributed by atoms with Crippen LogP contribution in [0.25, 0.3) is 0 Å². The molecule has 0 saturated heterocycles. The van der Waals surface area contributed by atoms with Crippen molar-refractivity contribution in [1.82, 2.24) is 0 Å². The fourth-order valence-electron chi connectivity index (χ4n) is 5.55. The number of hydrogen-bond acceptors (Lipinski definition) is 5. The fraction of sp³-hybridized carbons (Fsp3) is 0.825. The topological polar surface area (TPSA) is 69.7 Å². The van der Waals surface area contributed by atoms with Crippen molar-refractivity contribution in [1.29, 1.82) is 0 Å². The summed E-state index contributed by atoms with van der Waals surface area (Å²) in [6.45, 7) is 6.12. The maximum absolute atomic E-state index is 12.6. The van der Waals surface area contributed by atoms with Gasteiger partial charge in [-0.15, -0.1) is 0 Å². The van der Waals surface area contributed by atoms with Gasteiger partial charge in [-0.1, -0.05) is 154 Å². The van der Waals surface area contributed by atoms with Crippen LogP contribution in [0.5, 0.6) is 0 Å². The number of rotatable bonds is 34. The van der Waals surface area contributed by atoms with Gasteiger partial charge in [0, 0.05) is 32.1 Å². The van der Waals surface area contributed by atoms with Gasteiger partial charge in [0.05, 0.1) is 13.2 Å². The van der Waals surface area contributed by atoms with Gasteiger partial charge >= 0.3 is 11.9 Å². The van der Waals surface area contributed by atoms with Gasteiger partial charge in [-0.05, 0) is 38.5 Å². The summed E-state index contributed by atoms with van der Waals surface area (Å²) in [6.07, 6.45) is 39.6. The summed E-state index contributed by atoms with van der Waals surface area (Å²) in [5.41, 5.74) is 0. The number of esters is 2. The zero-order chi connectivity index (χ0) is 33.1. The first-order valence-electron chi connectivity index (χ1n) is 19.1. The molecule has 0 spiro atoms. The Morgan fingerprint density at radius 3 is 1.40 bits per heavy atom. The highest BCUT2D eigenvalue weighted by molar-refractivity contribution is 5.78. The van der Waals surface area contributed by atoms with Gasteiger partial charge in [-0.2, -0.15) is 0 Å². The number of allylic oxidation sites excluding steroid dienone is 4. The third-order valence-corrected chi connectivity index (χ3v) is 8.44. The van der Waals surface area contributed by atoms with Crippen LogP contribution in [0.15, 0.2) is 24.3 Å². The minimum absolute atomic E-state index is 0.120. The van der Waals surface area contributed by atoms with E-state index in [1.165, 1.54) is 122 Å². The lowest BCUT2D eigenvalue weighted by molar-refractivity contribution is -0.149. The van der Waals surface area contributed by atoms with Crippen molar-refractivity contribution >= 4 is 17.7 Å². The molecule has 0 amide bonds. The van der Waals surface area contributed by atoms with Gasteiger partial charge in [0.15, 0.2) is 0 Å². The maximum atomic E-state index is 12.6. The normalized spacial score (nSPS) is 12.2. The predicted octanol–water partition coefficient (Wildman–Crippen LogP) is 12.0. The molecule has 0 aromatic heterocycles. The van der Waals surface area contributed by atoms with Crippen LogP contribution in [0.2, 0.25) is 0 Å². The van der Waals surface area contributed by atoms with Crippen LogP contribution in [0.4, 0.5) is 0 Å². The number of Topliss-reactive ketones (excluding diaryl/α,β-unsaturated/α-hetero) is 1. The first kappa shape index (κ1) is 43.1. The van der Waals surface area contributed by atoms with Crippen molar-refractivity contribution < 1.29 is 23.9 Å². The van der Waals surface area contributed by atoms with Crippen molar-refractivity contribution in [3.05, 3.63) is 24.3 Å². The molecular weight excluding hydrogens is 560 g/mol. The molecule has 0 aliphatic heterocycles. The quantitative estimate of drug-likeness (QED) is 0.0401. The van der Waals surface area contributed by atoms with Gasteiger partial charge in [0.25, 0.3) is 0 Å². The number of ketones is 1. The first-order valence-corrected chi connectivity index (χ1v) is 19.1. The lowest BCUT2D eigenvalue weighted by atomic mass is 10.00. The molecule has 0 fully saturated rings. The summed E-state index contributed by atoms with van der Waals surface area (Å²) in [7, 11) is 0. The Morgan fingerprint density at radius 2 is 0.911 bits per heavy atom. The number of ether oxygens (including phenoxy) is 2. The van der Waals surface area contributed by atoms with Gasteiger partial charge in [-0.3, -0.25) is 14.4 Å². The Hall–Kier alpha value is -1.91. The third-order valence-electron chi connectivity index (χ3n) is 8.44. The second kappa shape index (κ2) is 35.0. The minimum atomic E-state index is -0.376. The average Bonchev–Trinajstić information content (AvgIpc) is 3.02. The molecule has 5 heteroatoms. The van der Waals surface area contributed by atoms with E-state index in [0.29, 0.717) is 12.8 Å². The molecule has 0 N–H and O–H groups in total. The van der Waals surface area contributed by atoms with E-state index in [-0.39, 0.29) is 43.3 Å². The zero-order valence-corrected chi connectivity index (χ0v) is 29.9. The van der Waals surface area contributed by atoms with E-state index in [2.05, 4.69) is 38.2 Å². The smallest absolute Gasteiger partial charge is 0.305 e. The van der Waals surface area contributed by atoms with Gasteiger partial charge in [0.2, 0.25) is 0 Å². The van der Waals surface area contributed by atoms with Gasteiger partial charge in [-0.25, -0.2) is 0 Å². The number of carbonyl (C=O) groups is 3. The minimum Gasteiger partial charge on any atom is -0.465 e. The average molecular weight is 633 g/mol. The molecule has 0 aromatic rings. The molecule has 0 bridgehead atoms. The first-order chi connectivity index (χ1) is 22.0.